The fraction of sp³-hybridized carbons (Fsp3) is 0.562. The highest BCUT2D eigenvalue weighted by Crippen LogP contribution is 2.37. The summed E-state index contributed by atoms with van der Waals surface area (Å²) in [7, 11) is 0. The number of amides is 1. The number of hydrogen-bond donors (Lipinski definition) is 2. The molecular formula is C16H23BrN2O3. The molecule has 5 nitrogen and oxygen atoms in total. The number of hydrogen-bond acceptors (Lipinski definition) is 4. The van der Waals surface area contributed by atoms with Gasteiger partial charge in [-0.25, -0.2) is 0 Å². The molecule has 1 aliphatic carbocycles. The Kier molecular flexibility index (Phi) is 6.51. The fourth-order valence-electron chi connectivity index (χ4n) is 2.66. The Balaban J connectivity index is 2.08. The molecule has 0 atom stereocenters. The Labute approximate surface area is 139 Å². The molecule has 1 saturated carbocycles. The van der Waals surface area contributed by atoms with Crippen molar-refractivity contribution < 1.29 is 14.3 Å². The number of carbonyl (C=O) groups is 1. The summed E-state index contributed by atoms with van der Waals surface area (Å²) in [6.07, 6.45) is 5.12. The van der Waals surface area contributed by atoms with Crippen molar-refractivity contribution in [3.63, 3.8) is 0 Å². The van der Waals surface area contributed by atoms with Gasteiger partial charge in [0.25, 0.3) is 5.91 Å². The van der Waals surface area contributed by atoms with Crippen LogP contribution in [0.15, 0.2) is 16.6 Å². The molecule has 0 radical (unpaired) electrons. The number of rotatable bonds is 8. The average molecular weight is 371 g/mol. The van der Waals surface area contributed by atoms with Gasteiger partial charge in [0.2, 0.25) is 0 Å². The summed E-state index contributed by atoms with van der Waals surface area (Å²) >= 11 is 3.49. The lowest BCUT2D eigenvalue weighted by molar-refractivity contribution is -0.119. The van der Waals surface area contributed by atoms with E-state index in [-0.39, 0.29) is 6.61 Å². The first-order valence-corrected chi connectivity index (χ1v) is 8.49. The van der Waals surface area contributed by atoms with Gasteiger partial charge >= 0.3 is 0 Å². The molecule has 0 aromatic heterocycles. The summed E-state index contributed by atoms with van der Waals surface area (Å²) in [4.78, 5) is 10.9. The third kappa shape index (κ3) is 4.88. The minimum absolute atomic E-state index is 0.168. The van der Waals surface area contributed by atoms with E-state index < -0.39 is 5.91 Å². The lowest BCUT2D eigenvalue weighted by Crippen LogP contribution is -2.25. The maximum atomic E-state index is 10.9. The van der Waals surface area contributed by atoms with E-state index in [1.54, 1.807) is 0 Å². The summed E-state index contributed by atoms with van der Waals surface area (Å²) in [5.41, 5.74) is 6.25. The maximum Gasteiger partial charge on any atom is 0.255 e. The highest BCUT2D eigenvalue weighted by Gasteiger charge is 2.16. The summed E-state index contributed by atoms with van der Waals surface area (Å²) in [6.45, 7) is 3.06. The maximum absolute atomic E-state index is 10.9. The molecule has 0 bridgehead atoms. The molecule has 0 unspecified atom stereocenters. The number of halogens is 1. The topological polar surface area (TPSA) is 73.6 Å². The molecular weight excluding hydrogens is 348 g/mol. The number of carbonyl (C=O) groups excluding carboxylic acids is 1. The SMILES string of the molecule is CCOc1cc(CNC2CCCC2)cc(Br)c1OCC(N)=O. The van der Waals surface area contributed by atoms with Crippen LogP contribution in [0, 0.1) is 0 Å². The Morgan fingerprint density at radius 1 is 1.36 bits per heavy atom. The van der Waals surface area contributed by atoms with Crippen molar-refractivity contribution in [2.75, 3.05) is 13.2 Å². The average Bonchev–Trinajstić information content (AvgIpc) is 2.97. The van der Waals surface area contributed by atoms with E-state index in [1.807, 2.05) is 19.1 Å². The zero-order valence-corrected chi connectivity index (χ0v) is 14.4. The number of benzene rings is 1. The van der Waals surface area contributed by atoms with E-state index in [0.29, 0.717) is 24.1 Å². The van der Waals surface area contributed by atoms with Crippen LogP contribution in [0.5, 0.6) is 11.5 Å². The lowest BCUT2D eigenvalue weighted by atomic mass is 10.1. The second kappa shape index (κ2) is 8.39. The third-order valence-corrected chi connectivity index (χ3v) is 4.27. The van der Waals surface area contributed by atoms with Crippen LogP contribution >= 0.6 is 15.9 Å². The Hall–Kier alpha value is -1.27. The normalized spacial score (nSPS) is 15.0. The molecule has 3 N–H and O–H groups in total. The van der Waals surface area contributed by atoms with Crippen LogP contribution < -0.4 is 20.5 Å². The van der Waals surface area contributed by atoms with Crippen molar-refractivity contribution in [2.24, 2.45) is 5.73 Å². The van der Waals surface area contributed by atoms with E-state index in [2.05, 4.69) is 21.2 Å². The molecule has 1 aromatic carbocycles. The van der Waals surface area contributed by atoms with Crippen LogP contribution in [0.4, 0.5) is 0 Å². The third-order valence-electron chi connectivity index (χ3n) is 3.68. The van der Waals surface area contributed by atoms with Crippen molar-refractivity contribution >= 4 is 21.8 Å². The van der Waals surface area contributed by atoms with Gasteiger partial charge in [-0.3, -0.25) is 4.79 Å². The van der Waals surface area contributed by atoms with Crippen molar-refractivity contribution in [1.82, 2.24) is 5.32 Å². The van der Waals surface area contributed by atoms with Crippen molar-refractivity contribution in [2.45, 2.75) is 45.2 Å². The van der Waals surface area contributed by atoms with Gasteiger partial charge < -0.3 is 20.5 Å². The van der Waals surface area contributed by atoms with Crippen LogP contribution in [0.2, 0.25) is 0 Å². The van der Waals surface area contributed by atoms with Crippen molar-refractivity contribution in [3.8, 4) is 11.5 Å². The van der Waals surface area contributed by atoms with Crippen LogP contribution in [0.25, 0.3) is 0 Å². The lowest BCUT2D eigenvalue weighted by Gasteiger charge is -2.16. The fourth-order valence-corrected chi connectivity index (χ4v) is 3.27. The van der Waals surface area contributed by atoms with Gasteiger partial charge in [-0.15, -0.1) is 0 Å². The van der Waals surface area contributed by atoms with Gasteiger partial charge in [0.05, 0.1) is 11.1 Å². The van der Waals surface area contributed by atoms with Gasteiger partial charge in [-0.2, -0.15) is 0 Å². The predicted molar refractivity (Wildman–Crippen MR) is 89.1 cm³/mol. The number of nitrogens with two attached hydrogens (primary N) is 1. The van der Waals surface area contributed by atoms with E-state index in [0.717, 1.165) is 16.6 Å². The number of ether oxygens (including phenoxy) is 2. The Bertz CT molecular complexity index is 516. The van der Waals surface area contributed by atoms with Gasteiger partial charge in [0.15, 0.2) is 18.1 Å². The standard InChI is InChI=1S/C16H23BrN2O3/c1-2-21-14-8-11(9-19-12-5-3-4-6-12)7-13(17)16(14)22-10-15(18)20/h7-8,12,19H,2-6,9-10H2,1H3,(H2,18,20). The minimum Gasteiger partial charge on any atom is -0.490 e. The summed E-state index contributed by atoms with van der Waals surface area (Å²) in [5, 5.41) is 3.57. The van der Waals surface area contributed by atoms with E-state index in [1.165, 1.54) is 25.7 Å². The molecule has 6 heteroatoms. The molecule has 122 valence electrons. The van der Waals surface area contributed by atoms with Crippen LogP contribution in [-0.2, 0) is 11.3 Å². The Morgan fingerprint density at radius 3 is 2.73 bits per heavy atom. The number of primary amides is 1. The summed E-state index contributed by atoms with van der Waals surface area (Å²) in [5.74, 6) is 0.632. The first-order valence-electron chi connectivity index (χ1n) is 7.70. The van der Waals surface area contributed by atoms with Crippen molar-refractivity contribution in [1.29, 1.82) is 0 Å². The molecule has 1 amide bonds. The zero-order chi connectivity index (χ0) is 15.9. The highest BCUT2D eigenvalue weighted by atomic mass is 79.9. The first kappa shape index (κ1) is 17.1. The minimum atomic E-state index is -0.513. The van der Waals surface area contributed by atoms with Gasteiger partial charge in [0.1, 0.15) is 0 Å². The van der Waals surface area contributed by atoms with E-state index in [4.69, 9.17) is 15.2 Å². The molecule has 1 aliphatic rings. The monoisotopic (exact) mass is 370 g/mol. The molecule has 22 heavy (non-hydrogen) atoms. The first-order chi connectivity index (χ1) is 10.6. The zero-order valence-electron chi connectivity index (χ0n) is 12.9. The quantitative estimate of drug-likeness (QED) is 0.737. The molecule has 0 spiro atoms. The van der Waals surface area contributed by atoms with Crippen LogP contribution in [0.3, 0.4) is 0 Å². The molecule has 0 saturated heterocycles. The van der Waals surface area contributed by atoms with E-state index >= 15 is 0 Å². The van der Waals surface area contributed by atoms with Crippen molar-refractivity contribution in [3.05, 3.63) is 22.2 Å². The van der Waals surface area contributed by atoms with Gasteiger partial charge in [0, 0.05) is 12.6 Å². The Morgan fingerprint density at radius 2 is 2.09 bits per heavy atom. The predicted octanol–water partition coefficient (Wildman–Crippen LogP) is 2.74. The second-order valence-corrected chi connectivity index (χ2v) is 6.31. The van der Waals surface area contributed by atoms with Gasteiger partial charge in [-0.05, 0) is 53.4 Å². The second-order valence-electron chi connectivity index (χ2n) is 5.46. The summed E-state index contributed by atoms with van der Waals surface area (Å²) < 4.78 is 11.8. The number of nitrogens with one attached hydrogen (secondary N) is 1. The molecule has 2 rings (SSSR count). The van der Waals surface area contributed by atoms with Crippen LogP contribution in [-0.4, -0.2) is 25.2 Å². The largest absolute Gasteiger partial charge is 0.490 e. The smallest absolute Gasteiger partial charge is 0.255 e. The molecule has 1 aromatic rings. The molecule has 0 aliphatic heterocycles. The van der Waals surface area contributed by atoms with Crippen LogP contribution in [0.1, 0.15) is 38.2 Å². The van der Waals surface area contributed by atoms with Gasteiger partial charge in [-0.1, -0.05) is 12.8 Å². The molecule has 1 fully saturated rings. The summed E-state index contributed by atoms with van der Waals surface area (Å²) in [6, 6.07) is 4.55. The molecule has 0 heterocycles. The van der Waals surface area contributed by atoms with E-state index in [9.17, 15) is 4.79 Å². The highest BCUT2D eigenvalue weighted by molar-refractivity contribution is 9.10.